The number of anilines is 1. The Morgan fingerprint density at radius 2 is 2.13 bits per heavy atom. The minimum Gasteiger partial charge on any atom is -0.465 e. The Morgan fingerprint density at radius 3 is 2.91 bits per heavy atom. The van der Waals surface area contributed by atoms with E-state index >= 15 is 0 Å². The van der Waals surface area contributed by atoms with Crippen LogP contribution in [0.4, 0.5) is 5.82 Å². The fourth-order valence-electron chi connectivity index (χ4n) is 2.75. The minimum atomic E-state index is -0.398. The first-order valence-corrected chi connectivity index (χ1v) is 7.54. The van der Waals surface area contributed by atoms with E-state index in [-0.39, 0.29) is 6.04 Å². The summed E-state index contributed by atoms with van der Waals surface area (Å²) in [6, 6.07) is 7.54. The SMILES string of the molecule is COC(=O)c1cccnc1N[C@@H]1COC[C@H]1Cc1ccncc1. The van der Waals surface area contributed by atoms with Crippen molar-refractivity contribution in [3.05, 3.63) is 54.0 Å². The van der Waals surface area contributed by atoms with Gasteiger partial charge in [-0.1, -0.05) is 0 Å². The smallest absolute Gasteiger partial charge is 0.341 e. The molecule has 0 aromatic carbocycles. The first-order chi connectivity index (χ1) is 11.3. The van der Waals surface area contributed by atoms with Gasteiger partial charge in [0.15, 0.2) is 0 Å². The summed E-state index contributed by atoms with van der Waals surface area (Å²) in [7, 11) is 1.37. The summed E-state index contributed by atoms with van der Waals surface area (Å²) in [5, 5.41) is 3.34. The molecule has 6 nitrogen and oxygen atoms in total. The number of ether oxygens (including phenoxy) is 2. The lowest BCUT2D eigenvalue weighted by atomic mass is 9.95. The molecule has 3 rings (SSSR count). The van der Waals surface area contributed by atoms with Crippen LogP contribution in [-0.4, -0.2) is 42.3 Å². The zero-order chi connectivity index (χ0) is 16.1. The Labute approximate surface area is 134 Å². The summed E-state index contributed by atoms with van der Waals surface area (Å²) in [6.07, 6.45) is 6.13. The van der Waals surface area contributed by atoms with E-state index in [1.807, 2.05) is 12.1 Å². The molecule has 3 heterocycles. The zero-order valence-corrected chi connectivity index (χ0v) is 12.9. The maximum absolute atomic E-state index is 11.8. The molecule has 2 aromatic heterocycles. The van der Waals surface area contributed by atoms with E-state index in [0.717, 1.165) is 6.42 Å². The molecule has 1 fully saturated rings. The molecule has 2 atom stereocenters. The van der Waals surface area contributed by atoms with E-state index in [1.165, 1.54) is 12.7 Å². The molecule has 0 unspecified atom stereocenters. The third-order valence-corrected chi connectivity index (χ3v) is 3.98. The van der Waals surface area contributed by atoms with Gasteiger partial charge in [-0.05, 0) is 36.2 Å². The Bertz CT molecular complexity index is 663. The van der Waals surface area contributed by atoms with Gasteiger partial charge in [0.25, 0.3) is 0 Å². The number of carbonyl (C=O) groups excluding carboxylic acids is 1. The highest BCUT2D eigenvalue weighted by atomic mass is 16.5. The number of pyridine rings is 2. The molecule has 0 saturated carbocycles. The third-order valence-electron chi connectivity index (χ3n) is 3.98. The van der Waals surface area contributed by atoms with Crippen LogP contribution in [0.25, 0.3) is 0 Å². The number of nitrogens with one attached hydrogen (secondary N) is 1. The number of rotatable bonds is 5. The van der Waals surface area contributed by atoms with Crippen LogP contribution < -0.4 is 5.32 Å². The normalized spacial score (nSPS) is 20.2. The number of methoxy groups -OCH3 is 1. The van der Waals surface area contributed by atoms with Crippen LogP contribution in [-0.2, 0) is 15.9 Å². The van der Waals surface area contributed by atoms with Crippen molar-refractivity contribution in [2.24, 2.45) is 5.92 Å². The molecule has 0 spiro atoms. The Morgan fingerprint density at radius 1 is 1.30 bits per heavy atom. The van der Waals surface area contributed by atoms with Gasteiger partial charge in [0.05, 0.1) is 26.4 Å². The summed E-state index contributed by atoms with van der Waals surface area (Å²) < 4.78 is 10.4. The van der Waals surface area contributed by atoms with E-state index in [9.17, 15) is 4.79 Å². The van der Waals surface area contributed by atoms with Crippen LogP contribution in [0.2, 0.25) is 0 Å². The number of hydrogen-bond acceptors (Lipinski definition) is 6. The highest BCUT2D eigenvalue weighted by Crippen LogP contribution is 2.23. The molecule has 1 saturated heterocycles. The lowest BCUT2D eigenvalue weighted by Crippen LogP contribution is -2.30. The number of carbonyl (C=O) groups is 1. The molecule has 0 radical (unpaired) electrons. The van der Waals surface area contributed by atoms with Gasteiger partial charge in [0, 0.05) is 24.5 Å². The summed E-state index contributed by atoms with van der Waals surface area (Å²) in [5.41, 5.74) is 1.65. The van der Waals surface area contributed by atoms with Gasteiger partial charge in [-0.3, -0.25) is 4.98 Å². The minimum absolute atomic E-state index is 0.0986. The van der Waals surface area contributed by atoms with Gasteiger partial charge < -0.3 is 14.8 Å². The molecular weight excluding hydrogens is 294 g/mol. The largest absolute Gasteiger partial charge is 0.465 e. The zero-order valence-electron chi connectivity index (χ0n) is 12.9. The van der Waals surface area contributed by atoms with Gasteiger partial charge in [-0.15, -0.1) is 0 Å². The highest BCUT2D eigenvalue weighted by Gasteiger charge is 2.29. The Balaban J connectivity index is 1.73. The predicted molar refractivity (Wildman–Crippen MR) is 85.2 cm³/mol. The van der Waals surface area contributed by atoms with Gasteiger partial charge in [-0.2, -0.15) is 0 Å². The van der Waals surface area contributed by atoms with Crippen LogP contribution >= 0.6 is 0 Å². The van der Waals surface area contributed by atoms with E-state index in [2.05, 4.69) is 15.3 Å². The monoisotopic (exact) mass is 313 g/mol. The Kier molecular flexibility index (Phi) is 4.83. The second-order valence-electron chi connectivity index (χ2n) is 5.50. The molecule has 1 aliphatic rings. The molecule has 0 bridgehead atoms. The van der Waals surface area contributed by atoms with Crippen molar-refractivity contribution in [2.45, 2.75) is 12.5 Å². The molecule has 23 heavy (non-hydrogen) atoms. The lowest BCUT2D eigenvalue weighted by Gasteiger charge is -2.20. The summed E-state index contributed by atoms with van der Waals surface area (Å²) >= 11 is 0. The maximum atomic E-state index is 11.8. The van der Waals surface area contributed by atoms with Gasteiger partial charge in [0.2, 0.25) is 0 Å². The van der Waals surface area contributed by atoms with Crippen molar-refractivity contribution >= 4 is 11.8 Å². The Hall–Kier alpha value is -2.47. The summed E-state index contributed by atoms with van der Waals surface area (Å²) in [6.45, 7) is 1.27. The first kappa shape index (κ1) is 15.4. The summed E-state index contributed by atoms with van der Waals surface area (Å²) in [5.74, 6) is 0.449. The van der Waals surface area contributed by atoms with Crippen LogP contribution in [0.3, 0.4) is 0 Å². The average Bonchev–Trinajstić information content (AvgIpc) is 3.02. The fourth-order valence-corrected chi connectivity index (χ4v) is 2.75. The van der Waals surface area contributed by atoms with Crippen molar-refractivity contribution in [1.29, 1.82) is 0 Å². The molecular formula is C17H19N3O3. The predicted octanol–water partition coefficient (Wildman–Crippen LogP) is 1.93. The number of aromatic nitrogens is 2. The van der Waals surface area contributed by atoms with Gasteiger partial charge >= 0.3 is 5.97 Å². The van der Waals surface area contributed by atoms with E-state index < -0.39 is 5.97 Å². The van der Waals surface area contributed by atoms with Gasteiger partial charge in [-0.25, -0.2) is 9.78 Å². The van der Waals surface area contributed by atoms with Crippen molar-refractivity contribution < 1.29 is 14.3 Å². The second-order valence-corrected chi connectivity index (χ2v) is 5.50. The maximum Gasteiger partial charge on any atom is 0.341 e. The molecule has 1 N–H and O–H groups in total. The molecule has 1 aliphatic heterocycles. The van der Waals surface area contributed by atoms with E-state index in [1.54, 1.807) is 30.7 Å². The van der Waals surface area contributed by atoms with Crippen LogP contribution in [0.15, 0.2) is 42.9 Å². The van der Waals surface area contributed by atoms with Crippen molar-refractivity contribution in [1.82, 2.24) is 9.97 Å². The topological polar surface area (TPSA) is 73.3 Å². The summed E-state index contributed by atoms with van der Waals surface area (Å²) in [4.78, 5) is 20.2. The molecule has 0 amide bonds. The van der Waals surface area contributed by atoms with Crippen LogP contribution in [0, 0.1) is 5.92 Å². The van der Waals surface area contributed by atoms with Crippen molar-refractivity contribution in [3.63, 3.8) is 0 Å². The van der Waals surface area contributed by atoms with E-state index in [4.69, 9.17) is 9.47 Å². The number of nitrogens with zero attached hydrogens (tertiary/aromatic N) is 2. The van der Waals surface area contributed by atoms with E-state index in [0.29, 0.717) is 30.5 Å². The van der Waals surface area contributed by atoms with Crippen LogP contribution in [0.5, 0.6) is 0 Å². The number of esters is 1. The van der Waals surface area contributed by atoms with Crippen molar-refractivity contribution in [2.75, 3.05) is 25.6 Å². The van der Waals surface area contributed by atoms with Crippen LogP contribution in [0.1, 0.15) is 15.9 Å². The molecule has 0 aliphatic carbocycles. The quantitative estimate of drug-likeness (QED) is 0.850. The average molecular weight is 313 g/mol. The third kappa shape index (κ3) is 3.65. The first-order valence-electron chi connectivity index (χ1n) is 7.54. The molecule has 2 aromatic rings. The lowest BCUT2D eigenvalue weighted by molar-refractivity contribution is 0.0601. The van der Waals surface area contributed by atoms with Gasteiger partial charge in [0.1, 0.15) is 11.4 Å². The van der Waals surface area contributed by atoms with Crippen molar-refractivity contribution in [3.8, 4) is 0 Å². The number of hydrogen-bond donors (Lipinski definition) is 1. The standard InChI is InChI=1S/C17H19N3O3/c1-22-17(21)14-3-2-6-19-16(14)20-15-11-23-10-13(15)9-12-4-7-18-8-5-12/h2-8,13,15H,9-11H2,1H3,(H,19,20)/t13-,15-/m1/s1. The highest BCUT2D eigenvalue weighted by molar-refractivity contribution is 5.94. The second kappa shape index (κ2) is 7.19. The fraction of sp³-hybridized carbons (Fsp3) is 0.353. The molecule has 120 valence electrons. The molecule has 6 heteroatoms.